The molecule has 3 rings (SSSR count). The fourth-order valence-corrected chi connectivity index (χ4v) is 3.98. The van der Waals surface area contributed by atoms with E-state index in [1.54, 1.807) is 0 Å². The summed E-state index contributed by atoms with van der Waals surface area (Å²) in [7, 11) is 2.10. The van der Waals surface area contributed by atoms with Crippen molar-refractivity contribution in [1.29, 1.82) is 0 Å². The van der Waals surface area contributed by atoms with Crippen LogP contribution in [0, 0.1) is 0 Å². The van der Waals surface area contributed by atoms with Crippen molar-refractivity contribution in [1.82, 2.24) is 4.90 Å². The molecule has 1 aromatic rings. The summed E-state index contributed by atoms with van der Waals surface area (Å²) >= 11 is 0.828. The number of carbonyl (C=O) groups excluding carboxylic acids is 1. The number of hydrogen-bond donors (Lipinski definition) is 0. The molecule has 18 heavy (non-hydrogen) atoms. The first-order valence-corrected chi connectivity index (χ1v) is 7.74. The summed E-state index contributed by atoms with van der Waals surface area (Å²) in [6.07, 6.45) is 2.96. The van der Waals surface area contributed by atoms with Crippen molar-refractivity contribution in [2.24, 2.45) is 0 Å². The summed E-state index contributed by atoms with van der Waals surface area (Å²) in [5, 5.41) is 0. The average molecular weight is 348 g/mol. The van der Waals surface area contributed by atoms with Crippen LogP contribution in [-0.4, -0.2) is 52.6 Å². The van der Waals surface area contributed by atoms with Crippen LogP contribution in [0.4, 0.5) is 0 Å². The summed E-state index contributed by atoms with van der Waals surface area (Å²) < 4.78 is 6.58. The Morgan fingerprint density at radius 1 is 1.39 bits per heavy atom. The van der Waals surface area contributed by atoms with Crippen LogP contribution < -0.4 is 0 Å². The van der Waals surface area contributed by atoms with Crippen LogP contribution in [0.15, 0.2) is 40.0 Å². The molecule has 1 fully saturated rings. The molecule has 0 aliphatic carbocycles. The van der Waals surface area contributed by atoms with E-state index in [2.05, 4.69) is 30.2 Å². The van der Waals surface area contributed by atoms with Gasteiger partial charge in [0, 0.05) is 0 Å². The van der Waals surface area contributed by atoms with Gasteiger partial charge in [-0.2, -0.15) is 0 Å². The van der Waals surface area contributed by atoms with Gasteiger partial charge >= 0.3 is 120 Å². The fraction of sp³-hybridized carbons (Fsp3) is 0.357. The Bertz CT molecular complexity index is 514. The van der Waals surface area contributed by atoms with Gasteiger partial charge < -0.3 is 0 Å². The zero-order valence-electron chi connectivity index (χ0n) is 10.3. The van der Waals surface area contributed by atoms with E-state index in [0.717, 1.165) is 39.1 Å². The van der Waals surface area contributed by atoms with E-state index in [-0.39, 0.29) is 12.0 Å². The Morgan fingerprint density at radius 2 is 2.11 bits per heavy atom. The zero-order valence-corrected chi connectivity index (χ0v) is 13.6. The van der Waals surface area contributed by atoms with Crippen molar-refractivity contribution in [2.75, 3.05) is 13.6 Å². The number of likely N-dealkylation sites (tertiary alicyclic amines) is 1. The zero-order chi connectivity index (χ0) is 12.8. The molecular formula is C14H15NO2Sn. The SMILES string of the molecule is CN1CCC2(C=[C]([SnH])C(=O)O2)C1c1ccccc1. The maximum absolute atomic E-state index is 11.7. The van der Waals surface area contributed by atoms with Gasteiger partial charge in [-0.1, -0.05) is 0 Å². The van der Waals surface area contributed by atoms with Crippen LogP contribution in [0.3, 0.4) is 0 Å². The van der Waals surface area contributed by atoms with Gasteiger partial charge in [0.2, 0.25) is 0 Å². The topological polar surface area (TPSA) is 29.5 Å². The Balaban J connectivity index is 2.04. The second-order valence-corrected chi connectivity index (χ2v) is 6.76. The van der Waals surface area contributed by atoms with Gasteiger partial charge in [-0.05, 0) is 0 Å². The molecular weight excluding hydrogens is 333 g/mol. The van der Waals surface area contributed by atoms with Crippen molar-refractivity contribution < 1.29 is 9.53 Å². The van der Waals surface area contributed by atoms with Gasteiger partial charge in [0.05, 0.1) is 0 Å². The summed E-state index contributed by atoms with van der Waals surface area (Å²) in [6.45, 7) is 0.956. The Kier molecular flexibility index (Phi) is 2.98. The normalized spacial score (nSPS) is 31.8. The standard InChI is InChI=1S/C14H14NO2.Sn.H/c1-15-10-9-14(8-7-12(16)17-14)13(15)11-5-3-2-4-6-11;;/h2-6,8,13H,9-10H2,1H3;;. The number of carbonyl (C=O) groups is 1. The number of esters is 1. The molecule has 1 aromatic carbocycles. The Hall–Kier alpha value is -0.811. The fourth-order valence-electron chi connectivity index (χ4n) is 3.00. The van der Waals surface area contributed by atoms with Gasteiger partial charge in [0.15, 0.2) is 0 Å². The van der Waals surface area contributed by atoms with Gasteiger partial charge in [-0.25, -0.2) is 0 Å². The van der Waals surface area contributed by atoms with Crippen LogP contribution in [0.2, 0.25) is 0 Å². The molecule has 1 spiro atoms. The van der Waals surface area contributed by atoms with Gasteiger partial charge in [0.1, 0.15) is 0 Å². The maximum atomic E-state index is 11.7. The average Bonchev–Trinajstić information content (AvgIpc) is 2.82. The molecule has 2 aliphatic rings. The summed E-state index contributed by atoms with van der Waals surface area (Å²) in [5.41, 5.74) is 0.791. The van der Waals surface area contributed by atoms with E-state index in [4.69, 9.17) is 4.74 Å². The molecule has 4 heteroatoms. The second kappa shape index (κ2) is 4.38. The third-order valence-corrected chi connectivity index (χ3v) is 4.94. The number of rotatable bonds is 1. The minimum absolute atomic E-state index is 0.117. The minimum atomic E-state index is -0.429. The summed E-state index contributed by atoms with van der Waals surface area (Å²) in [4.78, 5) is 14.0. The van der Waals surface area contributed by atoms with Crippen molar-refractivity contribution >= 4 is 28.5 Å². The van der Waals surface area contributed by atoms with E-state index in [9.17, 15) is 4.79 Å². The summed E-state index contributed by atoms with van der Waals surface area (Å²) in [6, 6.07) is 10.5. The molecule has 2 atom stereocenters. The molecule has 2 aliphatic heterocycles. The first-order valence-electron chi connectivity index (χ1n) is 6.09. The summed E-state index contributed by atoms with van der Waals surface area (Å²) in [5.74, 6) is -0.117. The van der Waals surface area contributed by atoms with E-state index < -0.39 is 5.60 Å². The molecule has 1 saturated heterocycles. The molecule has 92 valence electrons. The number of hydrogen-bond acceptors (Lipinski definition) is 3. The molecule has 0 N–H and O–H groups in total. The molecule has 0 bridgehead atoms. The molecule has 0 aromatic heterocycles. The van der Waals surface area contributed by atoms with Crippen molar-refractivity contribution in [3.63, 3.8) is 0 Å². The Morgan fingerprint density at radius 3 is 2.72 bits per heavy atom. The van der Waals surface area contributed by atoms with E-state index in [1.807, 2.05) is 18.2 Å². The van der Waals surface area contributed by atoms with Crippen molar-refractivity contribution in [3.8, 4) is 0 Å². The van der Waals surface area contributed by atoms with Crippen molar-refractivity contribution in [2.45, 2.75) is 18.1 Å². The first kappa shape index (κ1) is 12.2. The van der Waals surface area contributed by atoms with Crippen LogP contribution in [-0.2, 0) is 9.53 Å². The molecule has 2 unspecified atom stereocenters. The van der Waals surface area contributed by atoms with E-state index >= 15 is 0 Å². The predicted molar refractivity (Wildman–Crippen MR) is 70.5 cm³/mol. The van der Waals surface area contributed by atoms with Crippen LogP contribution in [0.1, 0.15) is 18.0 Å². The molecule has 2 radical (unpaired) electrons. The third-order valence-electron chi connectivity index (χ3n) is 3.79. The monoisotopic (exact) mass is 349 g/mol. The molecule has 3 nitrogen and oxygen atoms in total. The predicted octanol–water partition coefficient (Wildman–Crippen LogP) is 1.14. The molecule has 0 amide bonds. The second-order valence-electron chi connectivity index (χ2n) is 4.99. The van der Waals surface area contributed by atoms with Gasteiger partial charge in [-0.3, -0.25) is 0 Å². The van der Waals surface area contributed by atoms with Crippen molar-refractivity contribution in [3.05, 3.63) is 45.6 Å². The molecule has 2 heterocycles. The molecule has 0 saturated carbocycles. The van der Waals surface area contributed by atoms with Crippen LogP contribution in [0.25, 0.3) is 0 Å². The third kappa shape index (κ3) is 1.80. The first-order chi connectivity index (χ1) is 8.62. The number of benzene rings is 1. The quantitative estimate of drug-likeness (QED) is 0.563. The van der Waals surface area contributed by atoms with Gasteiger partial charge in [0.25, 0.3) is 0 Å². The number of ether oxygens (including phenoxy) is 1. The Labute approximate surface area is 120 Å². The number of likely N-dealkylation sites (N-methyl/N-ethyl adjacent to an activating group) is 1. The van der Waals surface area contributed by atoms with E-state index in [0.29, 0.717) is 0 Å². The number of nitrogens with zero attached hydrogens (tertiary/aromatic N) is 1. The van der Waals surface area contributed by atoms with E-state index in [1.165, 1.54) is 5.56 Å². The van der Waals surface area contributed by atoms with Crippen LogP contribution in [0.5, 0.6) is 0 Å². The van der Waals surface area contributed by atoms with Crippen LogP contribution >= 0.6 is 0 Å². The van der Waals surface area contributed by atoms with Gasteiger partial charge in [-0.15, -0.1) is 0 Å².